The van der Waals surface area contributed by atoms with Crippen molar-refractivity contribution in [3.05, 3.63) is 111 Å². The Kier molecular flexibility index (Phi) is 6.24. The highest BCUT2D eigenvalue weighted by Gasteiger charge is 2.24. The van der Waals surface area contributed by atoms with E-state index in [9.17, 15) is 18.8 Å². The minimum atomic E-state index is -0.746. The largest absolute Gasteiger partial charge is 0.464 e. The Hall–Kier alpha value is -3.97. The number of fused-ring (bicyclic) bond motifs is 1. The van der Waals surface area contributed by atoms with Gasteiger partial charge in [0, 0.05) is 28.2 Å². The van der Waals surface area contributed by atoms with E-state index in [2.05, 4.69) is 5.32 Å². The fraction of sp³-hybridized carbons (Fsp3) is 0.0800. The fourth-order valence-electron chi connectivity index (χ4n) is 3.60. The molecule has 1 heterocycles. The van der Waals surface area contributed by atoms with Crippen LogP contribution in [0.3, 0.4) is 0 Å². The number of carbonyl (C=O) groups excluding carboxylic acids is 2. The van der Waals surface area contributed by atoms with Crippen molar-refractivity contribution in [2.45, 2.75) is 6.54 Å². The molecule has 3 aromatic carbocycles. The molecule has 0 aliphatic carbocycles. The molecule has 4 aromatic rings. The standard InChI is InChI=1S/C25H18ClFN2O4/c1-33-25(32)22-20(14-28-24(31)15-7-10-17(27)11-8-15)23(30)19-12-9-16(26)13-21(19)29(22)18-5-3-2-4-6-18/h2-13H,14H2,1H3,(H,28,31). The van der Waals surface area contributed by atoms with E-state index in [1.54, 1.807) is 47.0 Å². The van der Waals surface area contributed by atoms with E-state index < -0.39 is 23.1 Å². The third-order valence-corrected chi connectivity index (χ3v) is 5.39. The van der Waals surface area contributed by atoms with E-state index in [0.29, 0.717) is 21.6 Å². The maximum absolute atomic E-state index is 13.4. The van der Waals surface area contributed by atoms with E-state index in [-0.39, 0.29) is 23.4 Å². The molecule has 0 saturated heterocycles. The third kappa shape index (κ3) is 4.36. The first-order valence-corrected chi connectivity index (χ1v) is 10.3. The summed E-state index contributed by atoms with van der Waals surface area (Å²) >= 11 is 6.20. The SMILES string of the molecule is COC(=O)c1c(CNC(=O)c2ccc(F)cc2)c(=O)c2ccc(Cl)cc2n1-c1ccccc1. The summed E-state index contributed by atoms with van der Waals surface area (Å²) in [5, 5.41) is 3.35. The number of amides is 1. The zero-order valence-corrected chi connectivity index (χ0v) is 18.2. The van der Waals surface area contributed by atoms with Gasteiger partial charge in [0.2, 0.25) is 0 Å². The second-order valence-electron chi connectivity index (χ2n) is 7.17. The first kappa shape index (κ1) is 22.2. The molecule has 1 amide bonds. The van der Waals surface area contributed by atoms with E-state index in [1.165, 1.54) is 19.2 Å². The van der Waals surface area contributed by atoms with Crippen molar-refractivity contribution in [1.29, 1.82) is 0 Å². The molecule has 4 rings (SSSR count). The minimum absolute atomic E-state index is 0.0251. The number of ether oxygens (including phenoxy) is 1. The van der Waals surface area contributed by atoms with Gasteiger partial charge >= 0.3 is 5.97 Å². The highest BCUT2D eigenvalue weighted by molar-refractivity contribution is 6.31. The number of para-hydroxylation sites is 1. The Morgan fingerprint density at radius 3 is 2.39 bits per heavy atom. The monoisotopic (exact) mass is 464 g/mol. The van der Waals surface area contributed by atoms with Crippen LogP contribution in [0, 0.1) is 5.82 Å². The normalized spacial score (nSPS) is 10.8. The van der Waals surface area contributed by atoms with Gasteiger partial charge in [-0.1, -0.05) is 29.8 Å². The number of hydrogen-bond acceptors (Lipinski definition) is 4. The molecule has 0 spiro atoms. The summed E-state index contributed by atoms with van der Waals surface area (Å²) in [7, 11) is 1.21. The van der Waals surface area contributed by atoms with Crippen molar-refractivity contribution in [3.8, 4) is 5.69 Å². The molecular weight excluding hydrogens is 447 g/mol. The average Bonchev–Trinajstić information content (AvgIpc) is 2.83. The molecule has 6 nitrogen and oxygen atoms in total. The van der Waals surface area contributed by atoms with Crippen molar-refractivity contribution in [3.63, 3.8) is 0 Å². The molecule has 8 heteroatoms. The van der Waals surface area contributed by atoms with Gasteiger partial charge in [0.15, 0.2) is 5.43 Å². The molecule has 0 fully saturated rings. The van der Waals surface area contributed by atoms with E-state index in [0.717, 1.165) is 12.1 Å². The van der Waals surface area contributed by atoms with Gasteiger partial charge in [-0.2, -0.15) is 0 Å². The molecule has 1 aromatic heterocycles. The van der Waals surface area contributed by atoms with Gasteiger partial charge in [0.05, 0.1) is 18.2 Å². The van der Waals surface area contributed by atoms with Crippen LogP contribution in [0.25, 0.3) is 16.6 Å². The van der Waals surface area contributed by atoms with Crippen LogP contribution in [0.15, 0.2) is 77.6 Å². The first-order valence-electron chi connectivity index (χ1n) is 9.95. The van der Waals surface area contributed by atoms with Crippen molar-refractivity contribution in [1.82, 2.24) is 9.88 Å². The number of rotatable bonds is 5. The van der Waals surface area contributed by atoms with Crippen LogP contribution in [0.1, 0.15) is 26.4 Å². The van der Waals surface area contributed by atoms with Crippen LogP contribution < -0.4 is 10.7 Å². The molecule has 0 atom stereocenters. The van der Waals surface area contributed by atoms with Crippen molar-refractivity contribution in [2.75, 3.05) is 7.11 Å². The summed E-state index contributed by atoms with van der Waals surface area (Å²) in [6, 6.07) is 18.7. The number of methoxy groups -OCH3 is 1. The van der Waals surface area contributed by atoms with E-state index in [1.807, 2.05) is 6.07 Å². The third-order valence-electron chi connectivity index (χ3n) is 5.15. The highest BCUT2D eigenvalue weighted by atomic mass is 35.5. The van der Waals surface area contributed by atoms with Gasteiger partial charge in [-0.15, -0.1) is 0 Å². The van der Waals surface area contributed by atoms with Crippen LogP contribution >= 0.6 is 11.6 Å². The lowest BCUT2D eigenvalue weighted by molar-refractivity contribution is 0.0589. The summed E-state index contributed by atoms with van der Waals surface area (Å²) < 4.78 is 19.8. The lowest BCUT2D eigenvalue weighted by atomic mass is 10.1. The smallest absolute Gasteiger partial charge is 0.355 e. The molecule has 1 N–H and O–H groups in total. The zero-order chi connectivity index (χ0) is 23.5. The van der Waals surface area contributed by atoms with Crippen LogP contribution in [-0.4, -0.2) is 23.6 Å². The summed E-state index contributed by atoms with van der Waals surface area (Å²) in [6.07, 6.45) is 0. The van der Waals surface area contributed by atoms with Crippen LogP contribution in [-0.2, 0) is 11.3 Å². The zero-order valence-electron chi connectivity index (χ0n) is 17.5. The predicted molar refractivity (Wildman–Crippen MR) is 123 cm³/mol. The number of nitrogens with zero attached hydrogens (tertiary/aromatic N) is 1. The van der Waals surface area contributed by atoms with E-state index in [4.69, 9.17) is 16.3 Å². The predicted octanol–water partition coefficient (Wildman–Crippen LogP) is 4.50. The molecule has 0 bridgehead atoms. The Morgan fingerprint density at radius 1 is 1.03 bits per heavy atom. The number of hydrogen-bond donors (Lipinski definition) is 1. The van der Waals surface area contributed by atoms with Gasteiger partial charge in [-0.05, 0) is 54.6 Å². The lowest BCUT2D eigenvalue weighted by Gasteiger charge is -2.19. The maximum atomic E-state index is 13.4. The summed E-state index contributed by atoms with van der Waals surface area (Å²) in [4.78, 5) is 38.9. The van der Waals surface area contributed by atoms with Gasteiger partial charge in [-0.3, -0.25) is 9.59 Å². The maximum Gasteiger partial charge on any atom is 0.355 e. The van der Waals surface area contributed by atoms with Crippen molar-refractivity contribution in [2.24, 2.45) is 0 Å². The van der Waals surface area contributed by atoms with Gasteiger partial charge in [0.1, 0.15) is 11.5 Å². The first-order chi connectivity index (χ1) is 15.9. The topological polar surface area (TPSA) is 77.4 Å². The summed E-state index contributed by atoms with van der Waals surface area (Å²) in [5.74, 6) is -1.74. The number of aromatic nitrogens is 1. The Balaban J connectivity index is 1.91. The van der Waals surface area contributed by atoms with Gasteiger partial charge in [0.25, 0.3) is 5.91 Å². The average molecular weight is 465 g/mol. The summed E-state index contributed by atoms with van der Waals surface area (Å²) in [5.41, 5.74) is 0.837. The van der Waals surface area contributed by atoms with Crippen LogP contribution in [0.5, 0.6) is 0 Å². The Labute approximate surface area is 193 Å². The Morgan fingerprint density at radius 2 is 1.73 bits per heavy atom. The second kappa shape index (κ2) is 9.26. The fourth-order valence-corrected chi connectivity index (χ4v) is 3.77. The highest BCUT2D eigenvalue weighted by Crippen LogP contribution is 2.25. The molecule has 0 saturated carbocycles. The number of halogens is 2. The van der Waals surface area contributed by atoms with Crippen LogP contribution in [0.2, 0.25) is 5.02 Å². The molecule has 0 unspecified atom stereocenters. The number of benzene rings is 3. The Bertz CT molecular complexity index is 1420. The second-order valence-corrected chi connectivity index (χ2v) is 7.61. The molecule has 0 aliphatic heterocycles. The van der Waals surface area contributed by atoms with Gasteiger partial charge in [-0.25, -0.2) is 9.18 Å². The molecular formula is C25H18ClFN2O4. The van der Waals surface area contributed by atoms with Crippen molar-refractivity contribution >= 4 is 34.4 Å². The van der Waals surface area contributed by atoms with Crippen molar-refractivity contribution < 1.29 is 18.7 Å². The quantitative estimate of drug-likeness (QED) is 0.441. The molecule has 0 aliphatic rings. The number of carbonyl (C=O) groups is 2. The minimum Gasteiger partial charge on any atom is -0.464 e. The number of nitrogens with one attached hydrogen (secondary N) is 1. The molecule has 33 heavy (non-hydrogen) atoms. The molecule has 166 valence electrons. The number of pyridine rings is 1. The molecule has 0 radical (unpaired) electrons. The lowest BCUT2D eigenvalue weighted by Crippen LogP contribution is -2.31. The summed E-state index contributed by atoms with van der Waals surface area (Å²) in [6.45, 7) is -0.245. The number of esters is 1. The van der Waals surface area contributed by atoms with Crippen LogP contribution in [0.4, 0.5) is 4.39 Å². The van der Waals surface area contributed by atoms with E-state index >= 15 is 0 Å². The van der Waals surface area contributed by atoms with Gasteiger partial charge < -0.3 is 14.6 Å².